The number of morpholine rings is 1. The van der Waals surface area contributed by atoms with E-state index in [1.54, 1.807) is 42.7 Å². The summed E-state index contributed by atoms with van der Waals surface area (Å²) in [6.45, 7) is 2.42. The highest BCUT2D eigenvalue weighted by molar-refractivity contribution is 5.94. The largest absolute Gasteiger partial charge is 0.424 e. The zero-order chi connectivity index (χ0) is 24.1. The second kappa shape index (κ2) is 10.2. The zero-order valence-corrected chi connectivity index (χ0v) is 19.5. The summed E-state index contributed by atoms with van der Waals surface area (Å²) in [6, 6.07) is 19.0. The van der Waals surface area contributed by atoms with Crippen molar-refractivity contribution in [2.75, 3.05) is 26.2 Å². The number of carbonyl (C=O) groups excluding carboxylic acids is 2. The summed E-state index contributed by atoms with van der Waals surface area (Å²) in [4.78, 5) is 37.8. The summed E-state index contributed by atoms with van der Waals surface area (Å²) in [6.07, 6.45) is 5.51. The van der Waals surface area contributed by atoms with Crippen molar-refractivity contribution in [1.82, 2.24) is 19.8 Å². The van der Waals surface area contributed by atoms with Gasteiger partial charge in [0, 0.05) is 37.6 Å². The minimum absolute atomic E-state index is 0.0101. The maximum Gasteiger partial charge on any atom is 0.321 e. The van der Waals surface area contributed by atoms with Crippen LogP contribution in [0.5, 0.6) is 11.8 Å². The molecule has 3 heterocycles. The molecule has 1 aromatic heterocycles. The van der Waals surface area contributed by atoms with E-state index in [0.29, 0.717) is 43.9 Å². The molecule has 1 spiro atoms. The number of aromatic nitrogens is 2. The maximum absolute atomic E-state index is 13.3. The second-order valence-electron chi connectivity index (χ2n) is 9.01. The van der Waals surface area contributed by atoms with Crippen molar-refractivity contribution < 1.29 is 19.1 Å². The fourth-order valence-corrected chi connectivity index (χ4v) is 4.73. The quantitative estimate of drug-likeness (QED) is 0.563. The van der Waals surface area contributed by atoms with Crippen molar-refractivity contribution in [2.24, 2.45) is 0 Å². The fourth-order valence-electron chi connectivity index (χ4n) is 4.73. The van der Waals surface area contributed by atoms with Crippen molar-refractivity contribution in [3.63, 3.8) is 0 Å². The minimum Gasteiger partial charge on any atom is -0.424 e. The number of benzene rings is 2. The number of rotatable bonds is 5. The van der Waals surface area contributed by atoms with E-state index in [0.717, 1.165) is 18.4 Å². The number of hydrogen-bond acceptors (Lipinski definition) is 6. The normalized spacial score (nSPS) is 20.5. The summed E-state index contributed by atoms with van der Waals surface area (Å²) < 4.78 is 11.8. The molecular formula is C27H28N4O4. The molecule has 2 aliphatic heterocycles. The molecule has 5 rings (SSSR count). The summed E-state index contributed by atoms with van der Waals surface area (Å²) >= 11 is 0. The van der Waals surface area contributed by atoms with Crippen LogP contribution < -0.4 is 4.74 Å². The van der Waals surface area contributed by atoms with Gasteiger partial charge in [-0.25, -0.2) is 9.97 Å². The summed E-state index contributed by atoms with van der Waals surface area (Å²) in [5.41, 5.74) is 1.24. The maximum atomic E-state index is 13.3. The van der Waals surface area contributed by atoms with Crippen LogP contribution in [0.1, 0.15) is 35.2 Å². The fraction of sp³-hybridized carbons (Fsp3) is 0.333. The van der Waals surface area contributed by atoms with Crippen LogP contribution in [0.2, 0.25) is 0 Å². The third-order valence-electron chi connectivity index (χ3n) is 6.57. The Hall–Kier alpha value is -3.78. The van der Waals surface area contributed by atoms with Crippen LogP contribution in [0, 0.1) is 0 Å². The summed E-state index contributed by atoms with van der Waals surface area (Å²) in [7, 11) is 0. The van der Waals surface area contributed by atoms with E-state index in [2.05, 4.69) is 9.97 Å². The van der Waals surface area contributed by atoms with Gasteiger partial charge in [-0.15, -0.1) is 0 Å². The average Bonchev–Trinajstić information content (AvgIpc) is 3.10. The van der Waals surface area contributed by atoms with Gasteiger partial charge in [-0.05, 0) is 49.1 Å². The Morgan fingerprint density at radius 3 is 2.66 bits per heavy atom. The SMILES string of the molecule is O=C1CO[C@@]2(CCCN(C(=O)c3cccc(Oc4ncccn4)c3)CC2)CN1Cc1ccccc1. The standard InChI is InChI=1S/C27H28N4O4/c32-24-19-34-27(20-31(24)18-21-7-2-1-3-8-21)11-5-15-30(16-12-27)25(33)22-9-4-10-23(17-22)35-26-28-13-6-14-29-26/h1-4,6-10,13-14,17H,5,11-12,15-16,18-20H2/t27-/m1/s1. The molecule has 2 aromatic carbocycles. The van der Waals surface area contributed by atoms with Crippen molar-refractivity contribution in [1.29, 1.82) is 0 Å². The number of likely N-dealkylation sites (tertiary alicyclic amines) is 1. The number of nitrogens with zero attached hydrogens (tertiary/aromatic N) is 4. The first-order valence-electron chi connectivity index (χ1n) is 11.9. The first kappa shape index (κ1) is 23.0. The van der Waals surface area contributed by atoms with Crippen molar-refractivity contribution >= 4 is 11.8 Å². The van der Waals surface area contributed by atoms with E-state index in [1.165, 1.54) is 0 Å². The predicted octanol–water partition coefficient (Wildman–Crippen LogP) is 3.69. The molecule has 0 N–H and O–H groups in total. The number of ether oxygens (including phenoxy) is 2. The molecule has 2 fully saturated rings. The van der Waals surface area contributed by atoms with Gasteiger partial charge in [0.25, 0.3) is 5.91 Å². The lowest BCUT2D eigenvalue weighted by molar-refractivity contribution is -0.166. The number of amides is 2. The molecule has 8 nitrogen and oxygen atoms in total. The Morgan fingerprint density at radius 1 is 1.00 bits per heavy atom. The van der Waals surface area contributed by atoms with E-state index in [-0.39, 0.29) is 24.4 Å². The Labute approximate surface area is 204 Å². The van der Waals surface area contributed by atoms with Crippen LogP contribution in [-0.2, 0) is 16.1 Å². The van der Waals surface area contributed by atoms with Crippen molar-refractivity contribution in [3.05, 3.63) is 84.2 Å². The minimum atomic E-state index is -0.423. The van der Waals surface area contributed by atoms with E-state index >= 15 is 0 Å². The first-order valence-corrected chi connectivity index (χ1v) is 11.9. The molecule has 35 heavy (non-hydrogen) atoms. The molecule has 3 aromatic rings. The van der Waals surface area contributed by atoms with E-state index in [1.807, 2.05) is 40.1 Å². The van der Waals surface area contributed by atoms with Gasteiger partial charge in [0.15, 0.2) is 0 Å². The van der Waals surface area contributed by atoms with Gasteiger partial charge in [0.05, 0.1) is 12.1 Å². The molecule has 0 radical (unpaired) electrons. The van der Waals surface area contributed by atoms with Crippen LogP contribution in [0.3, 0.4) is 0 Å². The molecular weight excluding hydrogens is 444 g/mol. The van der Waals surface area contributed by atoms with Crippen LogP contribution in [0.4, 0.5) is 0 Å². The molecule has 0 saturated carbocycles. The lowest BCUT2D eigenvalue weighted by Crippen LogP contribution is -2.54. The average molecular weight is 473 g/mol. The molecule has 8 heteroatoms. The molecule has 2 aliphatic rings. The first-order chi connectivity index (χ1) is 17.1. The summed E-state index contributed by atoms with van der Waals surface area (Å²) in [5.74, 6) is 0.476. The van der Waals surface area contributed by atoms with E-state index in [4.69, 9.17) is 9.47 Å². The van der Waals surface area contributed by atoms with Crippen molar-refractivity contribution in [3.8, 4) is 11.8 Å². The Balaban J connectivity index is 1.24. The van der Waals surface area contributed by atoms with E-state index < -0.39 is 5.60 Å². The topological polar surface area (TPSA) is 84.9 Å². The monoisotopic (exact) mass is 472 g/mol. The second-order valence-corrected chi connectivity index (χ2v) is 9.01. The van der Waals surface area contributed by atoms with Gasteiger partial charge in [-0.1, -0.05) is 36.4 Å². The van der Waals surface area contributed by atoms with Crippen LogP contribution in [-0.4, -0.2) is 63.4 Å². The highest BCUT2D eigenvalue weighted by atomic mass is 16.5. The zero-order valence-electron chi connectivity index (χ0n) is 19.5. The van der Waals surface area contributed by atoms with Crippen LogP contribution in [0.15, 0.2) is 73.1 Å². The van der Waals surface area contributed by atoms with Gasteiger partial charge in [0.2, 0.25) is 5.91 Å². The number of carbonyl (C=O) groups is 2. The predicted molar refractivity (Wildman–Crippen MR) is 129 cm³/mol. The Morgan fingerprint density at radius 2 is 1.83 bits per heavy atom. The molecule has 0 aliphatic carbocycles. The number of hydrogen-bond donors (Lipinski definition) is 0. The van der Waals surface area contributed by atoms with Crippen LogP contribution in [0.25, 0.3) is 0 Å². The Bertz CT molecular complexity index is 1170. The van der Waals surface area contributed by atoms with Gasteiger partial charge in [0.1, 0.15) is 12.4 Å². The molecule has 2 saturated heterocycles. The Kier molecular flexibility index (Phi) is 6.72. The summed E-state index contributed by atoms with van der Waals surface area (Å²) in [5, 5.41) is 0. The van der Waals surface area contributed by atoms with E-state index in [9.17, 15) is 9.59 Å². The van der Waals surface area contributed by atoms with Gasteiger partial charge < -0.3 is 19.3 Å². The lowest BCUT2D eigenvalue weighted by atomic mass is 9.92. The highest BCUT2D eigenvalue weighted by Gasteiger charge is 2.41. The third kappa shape index (κ3) is 5.49. The smallest absolute Gasteiger partial charge is 0.321 e. The molecule has 1 atom stereocenters. The molecule has 2 amide bonds. The van der Waals surface area contributed by atoms with Gasteiger partial charge >= 0.3 is 6.01 Å². The van der Waals surface area contributed by atoms with Gasteiger partial charge in [-0.3, -0.25) is 9.59 Å². The molecule has 0 bridgehead atoms. The third-order valence-corrected chi connectivity index (χ3v) is 6.57. The van der Waals surface area contributed by atoms with Gasteiger partial charge in [-0.2, -0.15) is 0 Å². The molecule has 180 valence electrons. The highest BCUT2D eigenvalue weighted by Crippen LogP contribution is 2.32. The molecule has 0 unspecified atom stereocenters. The van der Waals surface area contributed by atoms with Crippen LogP contribution >= 0.6 is 0 Å². The van der Waals surface area contributed by atoms with Crippen molar-refractivity contribution in [2.45, 2.75) is 31.4 Å². The lowest BCUT2D eigenvalue weighted by Gasteiger charge is -2.42.